The van der Waals surface area contributed by atoms with Crippen molar-refractivity contribution in [1.29, 1.82) is 0 Å². The van der Waals surface area contributed by atoms with Gasteiger partial charge in [-0.3, -0.25) is 14.4 Å². The van der Waals surface area contributed by atoms with Crippen molar-refractivity contribution in [2.75, 3.05) is 18.4 Å². The molecule has 1 atom stereocenters. The number of carbonyl (C=O) groups is 3. The number of benzene rings is 2. The lowest BCUT2D eigenvalue weighted by molar-refractivity contribution is -0.138. The largest absolute Gasteiger partial charge is 0.351 e. The molecular formula is C22H25BrFN3O3. The lowest BCUT2D eigenvalue weighted by Gasteiger charge is -2.28. The van der Waals surface area contributed by atoms with Crippen LogP contribution in [0.4, 0.5) is 10.1 Å². The molecule has 0 bridgehead atoms. The number of nitrogens with one attached hydrogen (secondary N) is 2. The average molecular weight is 478 g/mol. The molecule has 2 aromatic rings. The lowest BCUT2D eigenvalue weighted by atomic mass is 10.2. The van der Waals surface area contributed by atoms with E-state index in [1.165, 1.54) is 17.0 Å². The van der Waals surface area contributed by atoms with Crippen molar-refractivity contribution in [3.8, 4) is 0 Å². The second-order valence-electron chi connectivity index (χ2n) is 6.75. The summed E-state index contributed by atoms with van der Waals surface area (Å²) in [6.07, 6.45) is 0.721. The maximum absolute atomic E-state index is 13.4. The summed E-state index contributed by atoms with van der Waals surface area (Å²) in [5.41, 5.74) is 0.814. The quantitative estimate of drug-likeness (QED) is 0.573. The molecule has 2 aromatic carbocycles. The number of hydrogen-bond acceptors (Lipinski definition) is 3. The predicted molar refractivity (Wildman–Crippen MR) is 118 cm³/mol. The molecule has 0 heterocycles. The molecule has 0 fully saturated rings. The molecule has 0 saturated heterocycles. The van der Waals surface area contributed by atoms with E-state index >= 15 is 0 Å². The molecule has 0 spiro atoms. The Kier molecular flexibility index (Phi) is 8.98. The standard InChI is InChI=1S/C22H25BrFN3O3/c1-3-13-27(15(2)21(29)26-17-7-5-4-6-8-17)20(28)11-12-25-22(30)18-14-16(24)9-10-19(18)23/h4-10,14-15H,3,11-13H2,1-2H3,(H,25,30)(H,26,29). The zero-order chi connectivity index (χ0) is 22.1. The van der Waals surface area contributed by atoms with E-state index in [9.17, 15) is 18.8 Å². The molecule has 0 aliphatic carbocycles. The molecule has 0 aliphatic rings. The van der Waals surface area contributed by atoms with E-state index in [1.54, 1.807) is 19.1 Å². The smallest absolute Gasteiger partial charge is 0.252 e. The Morgan fingerprint density at radius 1 is 1.13 bits per heavy atom. The summed E-state index contributed by atoms with van der Waals surface area (Å²) in [5, 5.41) is 5.42. The van der Waals surface area contributed by atoms with Gasteiger partial charge in [0, 0.05) is 29.7 Å². The molecule has 0 saturated carbocycles. The summed E-state index contributed by atoms with van der Waals surface area (Å²) < 4.78 is 13.8. The Morgan fingerprint density at radius 2 is 1.83 bits per heavy atom. The number of hydrogen-bond donors (Lipinski definition) is 2. The molecule has 3 amide bonds. The summed E-state index contributed by atoms with van der Waals surface area (Å²) in [4.78, 5) is 39.0. The first-order chi connectivity index (χ1) is 14.3. The van der Waals surface area contributed by atoms with E-state index < -0.39 is 17.8 Å². The number of halogens is 2. The van der Waals surface area contributed by atoms with Crippen LogP contribution in [0.5, 0.6) is 0 Å². The summed E-state index contributed by atoms with van der Waals surface area (Å²) in [5.74, 6) is -1.53. The first-order valence-electron chi connectivity index (χ1n) is 9.72. The first kappa shape index (κ1) is 23.5. The number of amides is 3. The predicted octanol–water partition coefficient (Wildman–Crippen LogP) is 3.97. The van der Waals surface area contributed by atoms with Crippen molar-refractivity contribution < 1.29 is 18.8 Å². The van der Waals surface area contributed by atoms with Gasteiger partial charge in [-0.2, -0.15) is 0 Å². The SMILES string of the molecule is CCCN(C(=O)CCNC(=O)c1cc(F)ccc1Br)C(C)C(=O)Nc1ccccc1. The van der Waals surface area contributed by atoms with Crippen molar-refractivity contribution in [2.24, 2.45) is 0 Å². The molecule has 0 aromatic heterocycles. The third-order valence-electron chi connectivity index (χ3n) is 4.47. The van der Waals surface area contributed by atoms with E-state index in [2.05, 4.69) is 26.6 Å². The van der Waals surface area contributed by atoms with Crippen LogP contribution >= 0.6 is 15.9 Å². The Labute approximate surface area is 184 Å². The monoisotopic (exact) mass is 477 g/mol. The number of carbonyl (C=O) groups excluding carboxylic acids is 3. The average Bonchev–Trinajstić information content (AvgIpc) is 2.73. The third-order valence-corrected chi connectivity index (χ3v) is 5.16. The van der Waals surface area contributed by atoms with Crippen LogP contribution < -0.4 is 10.6 Å². The van der Waals surface area contributed by atoms with Gasteiger partial charge in [0.2, 0.25) is 11.8 Å². The van der Waals surface area contributed by atoms with Gasteiger partial charge >= 0.3 is 0 Å². The molecule has 160 valence electrons. The maximum atomic E-state index is 13.4. The number of anilines is 1. The van der Waals surface area contributed by atoms with Gasteiger partial charge in [0.15, 0.2) is 0 Å². The van der Waals surface area contributed by atoms with Crippen LogP contribution in [0, 0.1) is 5.82 Å². The second kappa shape index (κ2) is 11.4. The topological polar surface area (TPSA) is 78.5 Å². The third kappa shape index (κ3) is 6.66. The van der Waals surface area contributed by atoms with Crippen LogP contribution in [0.15, 0.2) is 53.0 Å². The van der Waals surface area contributed by atoms with E-state index in [0.29, 0.717) is 23.1 Å². The first-order valence-corrected chi connectivity index (χ1v) is 10.5. The zero-order valence-corrected chi connectivity index (χ0v) is 18.5. The van der Waals surface area contributed by atoms with Gasteiger partial charge in [-0.25, -0.2) is 4.39 Å². The van der Waals surface area contributed by atoms with Crippen LogP contribution in [-0.4, -0.2) is 41.8 Å². The molecule has 8 heteroatoms. The molecule has 1 unspecified atom stereocenters. The highest BCUT2D eigenvalue weighted by molar-refractivity contribution is 9.10. The van der Waals surface area contributed by atoms with Crippen molar-refractivity contribution in [3.63, 3.8) is 0 Å². The fourth-order valence-corrected chi connectivity index (χ4v) is 3.30. The van der Waals surface area contributed by atoms with Gasteiger partial charge in [0.05, 0.1) is 5.56 Å². The summed E-state index contributed by atoms with van der Waals surface area (Å²) in [6.45, 7) is 4.10. The van der Waals surface area contributed by atoms with Crippen molar-refractivity contribution in [2.45, 2.75) is 32.7 Å². The second-order valence-corrected chi connectivity index (χ2v) is 7.60. The fraction of sp³-hybridized carbons (Fsp3) is 0.318. The van der Waals surface area contributed by atoms with E-state index in [0.717, 1.165) is 6.07 Å². The van der Waals surface area contributed by atoms with E-state index in [4.69, 9.17) is 0 Å². The highest BCUT2D eigenvalue weighted by Crippen LogP contribution is 2.17. The van der Waals surface area contributed by atoms with E-state index in [-0.39, 0.29) is 30.3 Å². The van der Waals surface area contributed by atoms with Gasteiger partial charge in [0.1, 0.15) is 11.9 Å². The Hall–Kier alpha value is -2.74. The van der Waals surface area contributed by atoms with Crippen LogP contribution in [0.3, 0.4) is 0 Å². The maximum Gasteiger partial charge on any atom is 0.252 e. The Morgan fingerprint density at radius 3 is 2.50 bits per heavy atom. The Bertz CT molecular complexity index is 892. The molecule has 0 aliphatic heterocycles. The number of para-hydroxylation sites is 1. The highest BCUT2D eigenvalue weighted by Gasteiger charge is 2.25. The summed E-state index contributed by atoms with van der Waals surface area (Å²) in [7, 11) is 0. The van der Waals surface area contributed by atoms with E-state index in [1.807, 2.05) is 25.1 Å². The van der Waals surface area contributed by atoms with Crippen LogP contribution in [0.2, 0.25) is 0 Å². The zero-order valence-electron chi connectivity index (χ0n) is 17.0. The normalized spacial score (nSPS) is 11.5. The minimum Gasteiger partial charge on any atom is -0.351 e. The van der Waals surface area contributed by atoms with Crippen molar-refractivity contribution >= 4 is 39.3 Å². The molecule has 2 N–H and O–H groups in total. The van der Waals surface area contributed by atoms with Crippen molar-refractivity contribution in [3.05, 3.63) is 64.4 Å². The molecule has 2 rings (SSSR count). The minimum absolute atomic E-state index is 0.0294. The van der Waals surface area contributed by atoms with Gasteiger partial charge in [-0.05, 0) is 59.6 Å². The highest BCUT2D eigenvalue weighted by atomic mass is 79.9. The van der Waals surface area contributed by atoms with Gasteiger partial charge in [-0.15, -0.1) is 0 Å². The summed E-state index contributed by atoms with van der Waals surface area (Å²) >= 11 is 3.21. The molecule has 0 radical (unpaired) electrons. The number of nitrogens with zero attached hydrogens (tertiary/aromatic N) is 1. The van der Waals surface area contributed by atoms with Crippen LogP contribution in [0.1, 0.15) is 37.0 Å². The van der Waals surface area contributed by atoms with Crippen LogP contribution in [-0.2, 0) is 9.59 Å². The Balaban J connectivity index is 1.93. The lowest BCUT2D eigenvalue weighted by Crippen LogP contribution is -2.46. The molecule has 30 heavy (non-hydrogen) atoms. The minimum atomic E-state index is -0.661. The van der Waals surface area contributed by atoms with Gasteiger partial charge in [0.25, 0.3) is 5.91 Å². The number of rotatable bonds is 9. The van der Waals surface area contributed by atoms with Crippen LogP contribution in [0.25, 0.3) is 0 Å². The van der Waals surface area contributed by atoms with Gasteiger partial charge < -0.3 is 15.5 Å². The fourth-order valence-electron chi connectivity index (χ4n) is 2.88. The summed E-state index contributed by atoms with van der Waals surface area (Å²) in [6, 6.07) is 12.2. The van der Waals surface area contributed by atoms with Gasteiger partial charge in [-0.1, -0.05) is 25.1 Å². The molecule has 6 nitrogen and oxygen atoms in total. The van der Waals surface area contributed by atoms with Crippen molar-refractivity contribution in [1.82, 2.24) is 10.2 Å². The molecular weight excluding hydrogens is 453 g/mol.